The van der Waals surface area contributed by atoms with Crippen LogP contribution in [0.25, 0.3) is 0 Å². The summed E-state index contributed by atoms with van der Waals surface area (Å²) >= 11 is 0. The van der Waals surface area contributed by atoms with E-state index in [-0.39, 0.29) is 18.2 Å². The van der Waals surface area contributed by atoms with Crippen molar-refractivity contribution in [1.82, 2.24) is 4.90 Å². The molecule has 34 heavy (non-hydrogen) atoms. The Labute approximate surface area is 203 Å². The summed E-state index contributed by atoms with van der Waals surface area (Å²) in [5.41, 5.74) is 1.10. The van der Waals surface area contributed by atoms with Crippen LogP contribution in [0.2, 0.25) is 0 Å². The lowest BCUT2D eigenvalue weighted by atomic mass is 9.95. The van der Waals surface area contributed by atoms with Crippen LogP contribution in [0.4, 0.5) is 5.69 Å². The Kier molecular flexibility index (Phi) is 7.94. The zero-order valence-electron chi connectivity index (χ0n) is 20.6. The minimum atomic E-state index is -1.07. The van der Waals surface area contributed by atoms with Crippen LogP contribution in [-0.2, 0) is 9.47 Å². The molecule has 0 amide bonds. The van der Waals surface area contributed by atoms with Crippen molar-refractivity contribution in [1.29, 1.82) is 0 Å². The minimum absolute atomic E-state index is 0.00139. The SMILES string of the molecule is C=CC(C)CCC(O)(CN1c2ccccc2OCC1c1ccccc1)N1CC(OC)C(OC)C1. The lowest BCUT2D eigenvalue weighted by Crippen LogP contribution is -2.57. The van der Waals surface area contributed by atoms with E-state index in [1.807, 2.05) is 30.3 Å². The highest BCUT2D eigenvalue weighted by atomic mass is 16.5. The van der Waals surface area contributed by atoms with Crippen LogP contribution in [0, 0.1) is 5.92 Å². The van der Waals surface area contributed by atoms with Crippen molar-refractivity contribution in [3.05, 3.63) is 72.8 Å². The number of anilines is 1. The van der Waals surface area contributed by atoms with Gasteiger partial charge in [-0.05, 0) is 36.5 Å². The highest BCUT2D eigenvalue weighted by Crippen LogP contribution is 2.41. The lowest BCUT2D eigenvalue weighted by Gasteiger charge is -2.46. The number of β-amino-alcohol motifs (C(OH)–C–C–N with tert-alkyl or cyclic N) is 1. The van der Waals surface area contributed by atoms with Gasteiger partial charge in [0.05, 0.1) is 30.5 Å². The third kappa shape index (κ3) is 5.15. The van der Waals surface area contributed by atoms with Gasteiger partial charge in [-0.25, -0.2) is 0 Å². The second-order valence-corrected chi connectivity index (χ2v) is 9.52. The molecule has 0 spiro atoms. The predicted molar refractivity (Wildman–Crippen MR) is 135 cm³/mol. The maximum Gasteiger partial charge on any atom is 0.142 e. The number of hydrogen-bond donors (Lipinski definition) is 1. The van der Waals surface area contributed by atoms with Gasteiger partial charge in [-0.2, -0.15) is 0 Å². The Morgan fingerprint density at radius 1 is 1.09 bits per heavy atom. The molecule has 0 bridgehead atoms. The first kappa shape index (κ1) is 24.7. The van der Waals surface area contributed by atoms with Crippen molar-refractivity contribution in [2.24, 2.45) is 5.92 Å². The molecule has 1 N–H and O–H groups in total. The summed E-state index contributed by atoms with van der Waals surface area (Å²) in [6, 6.07) is 18.5. The summed E-state index contributed by atoms with van der Waals surface area (Å²) in [5.74, 6) is 1.16. The van der Waals surface area contributed by atoms with E-state index < -0.39 is 5.72 Å². The second kappa shape index (κ2) is 10.9. The Morgan fingerprint density at radius 2 is 1.74 bits per heavy atom. The van der Waals surface area contributed by atoms with Gasteiger partial charge >= 0.3 is 0 Å². The number of ether oxygens (including phenoxy) is 3. The van der Waals surface area contributed by atoms with Gasteiger partial charge in [0.2, 0.25) is 0 Å². The first-order valence-electron chi connectivity index (χ1n) is 12.2. The molecule has 1 fully saturated rings. The van der Waals surface area contributed by atoms with Gasteiger partial charge < -0.3 is 24.2 Å². The summed E-state index contributed by atoms with van der Waals surface area (Å²) in [6.07, 6.45) is 3.27. The van der Waals surface area contributed by atoms with Crippen LogP contribution in [0.3, 0.4) is 0 Å². The molecule has 0 saturated carbocycles. The summed E-state index contributed by atoms with van der Waals surface area (Å²) in [4.78, 5) is 4.46. The van der Waals surface area contributed by atoms with E-state index in [4.69, 9.17) is 14.2 Å². The van der Waals surface area contributed by atoms with Crippen LogP contribution in [0.1, 0.15) is 31.4 Å². The van der Waals surface area contributed by atoms with E-state index in [0.717, 1.165) is 17.9 Å². The number of allylic oxidation sites excluding steroid dienone is 1. The number of fused-ring (bicyclic) bond motifs is 1. The molecule has 184 valence electrons. The van der Waals surface area contributed by atoms with Crippen LogP contribution in [0.15, 0.2) is 67.3 Å². The average molecular weight is 467 g/mol. The smallest absolute Gasteiger partial charge is 0.142 e. The van der Waals surface area contributed by atoms with Gasteiger partial charge in [0, 0.05) is 27.3 Å². The van der Waals surface area contributed by atoms with Crippen LogP contribution >= 0.6 is 0 Å². The number of benzene rings is 2. The Bertz CT molecular complexity index is 927. The third-order valence-electron chi connectivity index (χ3n) is 7.37. The third-order valence-corrected chi connectivity index (χ3v) is 7.37. The zero-order chi connectivity index (χ0) is 24.1. The molecule has 5 atom stereocenters. The molecule has 0 aliphatic carbocycles. The molecule has 0 aromatic heterocycles. The summed E-state index contributed by atoms with van der Waals surface area (Å²) in [5, 5.41) is 12.3. The highest BCUT2D eigenvalue weighted by Gasteiger charge is 2.46. The van der Waals surface area contributed by atoms with E-state index in [9.17, 15) is 5.11 Å². The Hall–Kier alpha value is -2.38. The number of likely N-dealkylation sites (tertiary alicyclic amines) is 1. The van der Waals surface area contributed by atoms with Crippen molar-refractivity contribution in [3.8, 4) is 5.75 Å². The van der Waals surface area contributed by atoms with Crippen LogP contribution in [0.5, 0.6) is 5.75 Å². The fourth-order valence-corrected chi connectivity index (χ4v) is 5.11. The standard InChI is InChI=1S/C28H38N2O4/c1-5-21(2)15-16-28(31,29-17-26(32-3)27(18-29)33-4)20-30-23-13-9-10-14-25(23)34-19-24(30)22-11-7-6-8-12-22/h5-14,21,24,26-27,31H,1,15-20H2,2-4H3. The molecule has 6 nitrogen and oxygen atoms in total. The maximum atomic E-state index is 12.3. The fraction of sp³-hybridized carbons (Fsp3) is 0.500. The second-order valence-electron chi connectivity index (χ2n) is 9.52. The van der Waals surface area contributed by atoms with Gasteiger partial charge in [-0.1, -0.05) is 55.5 Å². The van der Waals surface area contributed by atoms with Crippen molar-refractivity contribution in [3.63, 3.8) is 0 Å². The quantitative estimate of drug-likeness (QED) is 0.528. The van der Waals surface area contributed by atoms with Gasteiger partial charge in [-0.15, -0.1) is 6.58 Å². The van der Waals surface area contributed by atoms with Gasteiger partial charge in [0.15, 0.2) is 0 Å². The Morgan fingerprint density at radius 3 is 2.38 bits per heavy atom. The van der Waals surface area contributed by atoms with E-state index in [2.05, 4.69) is 53.6 Å². The number of methoxy groups -OCH3 is 2. The first-order chi connectivity index (χ1) is 16.5. The Balaban J connectivity index is 1.69. The normalized spacial score (nSPS) is 25.3. The molecule has 2 aliphatic rings. The number of para-hydroxylation sites is 2. The van der Waals surface area contributed by atoms with Crippen molar-refractivity contribution in [2.45, 2.75) is 43.7 Å². The molecular formula is C28H38N2O4. The zero-order valence-corrected chi connectivity index (χ0v) is 20.6. The lowest BCUT2D eigenvalue weighted by molar-refractivity contribution is -0.107. The van der Waals surface area contributed by atoms with Crippen molar-refractivity contribution >= 4 is 5.69 Å². The fourth-order valence-electron chi connectivity index (χ4n) is 5.11. The first-order valence-corrected chi connectivity index (χ1v) is 12.2. The maximum absolute atomic E-state index is 12.3. The minimum Gasteiger partial charge on any atom is -0.489 e. The largest absolute Gasteiger partial charge is 0.489 e. The van der Waals surface area contributed by atoms with Gasteiger partial charge in [0.1, 0.15) is 18.1 Å². The highest BCUT2D eigenvalue weighted by molar-refractivity contribution is 5.61. The average Bonchev–Trinajstić information content (AvgIpc) is 3.32. The monoisotopic (exact) mass is 466 g/mol. The van der Waals surface area contributed by atoms with Crippen LogP contribution < -0.4 is 9.64 Å². The molecule has 0 radical (unpaired) electrons. The van der Waals surface area contributed by atoms with Gasteiger partial charge in [-0.3, -0.25) is 4.90 Å². The van der Waals surface area contributed by atoms with Gasteiger partial charge in [0.25, 0.3) is 0 Å². The summed E-state index contributed by atoms with van der Waals surface area (Å²) < 4.78 is 17.5. The summed E-state index contributed by atoms with van der Waals surface area (Å²) in [6.45, 7) is 8.31. The predicted octanol–water partition coefficient (Wildman–Crippen LogP) is 4.26. The molecule has 5 unspecified atom stereocenters. The molecule has 2 heterocycles. The van der Waals surface area contributed by atoms with Crippen molar-refractivity contribution in [2.75, 3.05) is 45.4 Å². The van der Waals surface area contributed by atoms with Crippen molar-refractivity contribution < 1.29 is 19.3 Å². The number of nitrogens with zero attached hydrogens (tertiary/aromatic N) is 2. The molecule has 1 saturated heterocycles. The molecule has 2 aromatic carbocycles. The van der Waals surface area contributed by atoms with Crippen LogP contribution in [-0.4, -0.2) is 68.4 Å². The molecular weight excluding hydrogens is 428 g/mol. The van der Waals surface area contributed by atoms with E-state index >= 15 is 0 Å². The topological polar surface area (TPSA) is 54.4 Å². The van der Waals surface area contributed by atoms with E-state index in [0.29, 0.717) is 38.6 Å². The number of rotatable bonds is 10. The molecule has 6 heteroatoms. The number of hydrogen-bond acceptors (Lipinski definition) is 6. The van der Waals surface area contributed by atoms with E-state index in [1.54, 1.807) is 14.2 Å². The number of aliphatic hydroxyl groups is 1. The van der Waals surface area contributed by atoms with E-state index in [1.165, 1.54) is 5.56 Å². The molecule has 2 aromatic rings. The molecule has 4 rings (SSSR count). The summed E-state index contributed by atoms with van der Waals surface area (Å²) in [7, 11) is 3.42. The molecule has 2 aliphatic heterocycles.